The van der Waals surface area contributed by atoms with E-state index in [0.717, 1.165) is 12.0 Å². The fraction of sp³-hybridized carbons (Fsp3) is 0.333. The second-order valence-corrected chi connectivity index (χ2v) is 5.98. The SMILES string of the molecule is CCc1ccc(COc2c(Cl)cc(CN)cc2OC)s1. The molecule has 0 aliphatic rings. The smallest absolute Gasteiger partial charge is 0.180 e. The van der Waals surface area contributed by atoms with E-state index in [2.05, 4.69) is 19.1 Å². The molecule has 0 aliphatic carbocycles. The summed E-state index contributed by atoms with van der Waals surface area (Å²) < 4.78 is 11.1. The predicted octanol–water partition coefficient (Wildman–Crippen LogP) is 4.01. The van der Waals surface area contributed by atoms with Crippen LogP contribution in [0.5, 0.6) is 11.5 Å². The fourth-order valence-electron chi connectivity index (χ4n) is 1.86. The average Bonchev–Trinajstić information content (AvgIpc) is 2.93. The number of nitrogens with two attached hydrogens (primary N) is 1. The normalized spacial score (nSPS) is 10.6. The zero-order chi connectivity index (χ0) is 14.5. The van der Waals surface area contributed by atoms with Crippen molar-refractivity contribution in [2.75, 3.05) is 7.11 Å². The first-order valence-corrected chi connectivity index (χ1v) is 7.64. The maximum absolute atomic E-state index is 6.23. The molecule has 0 fully saturated rings. The highest BCUT2D eigenvalue weighted by Crippen LogP contribution is 2.37. The molecule has 2 N–H and O–H groups in total. The van der Waals surface area contributed by atoms with Gasteiger partial charge in [0.2, 0.25) is 0 Å². The lowest BCUT2D eigenvalue weighted by atomic mass is 10.2. The van der Waals surface area contributed by atoms with Gasteiger partial charge in [-0.2, -0.15) is 0 Å². The summed E-state index contributed by atoms with van der Waals surface area (Å²) in [6.07, 6.45) is 1.04. The summed E-state index contributed by atoms with van der Waals surface area (Å²) >= 11 is 7.98. The van der Waals surface area contributed by atoms with Crippen LogP contribution in [0.15, 0.2) is 24.3 Å². The molecule has 1 aromatic heterocycles. The van der Waals surface area contributed by atoms with Crippen LogP contribution in [0.2, 0.25) is 5.02 Å². The van der Waals surface area contributed by atoms with Crippen molar-refractivity contribution in [3.63, 3.8) is 0 Å². The second-order valence-electron chi connectivity index (χ2n) is 4.32. The minimum absolute atomic E-state index is 0.418. The third-order valence-electron chi connectivity index (χ3n) is 2.95. The predicted molar refractivity (Wildman–Crippen MR) is 83.9 cm³/mol. The van der Waals surface area contributed by atoms with Crippen LogP contribution in [0.3, 0.4) is 0 Å². The molecule has 0 saturated carbocycles. The van der Waals surface area contributed by atoms with E-state index in [-0.39, 0.29) is 0 Å². The Hall–Kier alpha value is -1.23. The van der Waals surface area contributed by atoms with Crippen molar-refractivity contribution in [2.45, 2.75) is 26.5 Å². The summed E-state index contributed by atoms with van der Waals surface area (Å²) in [6.45, 7) is 3.05. The number of rotatable bonds is 6. The molecule has 2 aromatic rings. The van der Waals surface area contributed by atoms with Crippen LogP contribution in [-0.4, -0.2) is 7.11 Å². The highest BCUT2D eigenvalue weighted by molar-refractivity contribution is 7.11. The average molecular weight is 312 g/mol. The molecule has 0 unspecified atom stereocenters. The molecule has 20 heavy (non-hydrogen) atoms. The zero-order valence-corrected chi connectivity index (χ0v) is 13.2. The zero-order valence-electron chi connectivity index (χ0n) is 11.6. The van der Waals surface area contributed by atoms with Crippen molar-refractivity contribution in [1.82, 2.24) is 0 Å². The summed E-state index contributed by atoms with van der Waals surface area (Å²) in [5.74, 6) is 1.18. The van der Waals surface area contributed by atoms with Crippen LogP contribution in [0.25, 0.3) is 0 Å². The highest BCUT2D eigenvalue weighted by Gasteiger charge is 2.12. The topological polar surface area (TPSA) is 44.5 Å². The summed E-state index contributed by atoms with van der Waals surface area (Å²) in [5.41, 5.74) is 6.54. The standard InChI is InChI=1S/C15H18ClNO2S/c1-3-11-4-5-12(20-11)9-19-15-13(16)6-10(8-17)7-14(15)18-2/h4-7H,3,8-9,17H2,1-2H3. The van der Waals surface area contributed by atoms with Crippen LogP contribution >= 0.6 is 22.9 Å². The Morgan fingerprint density at radius 1 is 1.25 bits per heavy atom. The number of hydrogen-bond donors (Lipinski definition) is 1. The van der Waals surface area contributed by atoms with Gasteiger partial charge < -0.3 is 15.2 Å². The van der Waals surface area contributed by atoms with Gasteiger partial charge in [0, 0.05) is 16.3 Å². The Kier molecular flexibility index (Phi) is 5.29. The lowest BCUT2D eigenvalue weighted by Crippen LogP contribution is -2.01. The van der Waals surface area contributed by atoms with Crippen molar-refractivity contribution < 1.29 is 9.47 Å². The van der Waals surface area contributed by atoms with Crippen molar-refractivity contribution in [1.29, 1.82) is 0 Å². The molecule has 108 valence electrons. The number of halogens is 1. The van der Waals surface area contributed by atoms with E-state index < -0.39 is 0 Å². The first kappa shape index (κ1) is 15.2. The monoisotopic (exact) mass is 311 g/mol. The van der Waals surface area contributed by atoms with E-state index in [1.165, 1.54) is 9.75 Å². The summed E-state index contributed by atoms with van der Waals surface area (Å²) in [6, 6.07) is 7.87. The van der Waals surface area contributed by atoms with E-state index in [1.807, 2.05) is 12.1 Å². The third-order valence-corrected chi connectivity index (χ3v) is 4.43. The minimum atomic E-state index is 0.418. The molecule has 5 heteroatoms. The molecule has 0 radical (unpaired) electrons. The molecule has 0 aliphatic heterocycles. The summed E-state index contributed by atoms with van der Waals surface area (Å²) in [5, 5.41) is 0.525. The maximum atomic E-state index is 6.23. The van der Waals surface area contributed by atoms with Crippen molar-refractivity contribution in [3.05, 3.63) is 44.6 Å². The van der Waals surface area contributed by atoms with Crippen molar-refractivity contribution in [3.8, 4) is 11.5 Å². The highest BCUT2D eigenvalue weighted by atomic mass is 35.5. The Labute approximate surface area is 128 Å². The van der Waals surface area contributed by atoms with Gasteiger partial charge in [-0.15, -0.1) is 11.3 Å². The molecule has 0 amide bonds. The van der Waals surface area contributed by atoms with Crippen LogP contribution in [0.1, 0.15) is 22.2 Å². The van der Waals surface area contributed by atoms with Gasteiger partial charge in [0.25, 0.3) is 0 Å². The Balaban J connectivity index is 2.16. The van der Waals surface area contributed by atoms with Crippen molar-refractivity contribution >= 4 is 22.9 Å². The number of hydrogen-bond acceptors (Lipinski definition) is 4. The second kappa shape index (κ2) is 6.97. The summed E-state index contributed by atoms with van der Waals surface area (Å²) in [4.78, 5) is 2.52. The van der Waals surface area contributed by atoms with Crippen LogP contribution < -0.4 is 15.2 Å². The van der Waals surface area contributed by atoms with Crippen LogP contribution in [0.4, 0.5) is 0 Å². The number of ether oxygens (including phenoxy) is 2. The summed E-state index contributed by atoms with van der Waals surface area (Å²) in [7, 11) is 1.60. The van der Waals surface area contributed by atoms with Crippen LogP contribution in [-0.2, 0) is 19.6 Å². The Bertz CT molecular complexity index is 583. The van der Waals surface area contributed by atoms with Gasteiger partial charge in [-0.1, -0.05) is 18.5 Å². The largest absolute Gasteiger partial charge is 0.493 e. The maximum Gasteiger partial charge on any atom is 0.180 e. The fourth-order valence-corrected chi connectivity index (χ4v) is 3.02. The molecular weight excluding hydrogens is 294 g/mol. The molecule has 1 aromatic carbocycles. The molecular formula is C15H18ClNO2S. The minimum Gasteiger partial charge on any atom is -0.493 e. The van der Waals surface area contributed by atoms with E-state index in [0.29, 0.717) is 29.7 Å². The lowest BCUT2D eigenvalue weighted by molar-refractivity contribution is 0.287. The molecule has 0 atom stereocenters. The number of thiophene rings is 1. The molecule has 1 heterocycles. The molecule has 0 spiro atoms. The Morgan fingerprint density at radius 3 is 2.60 bits per heavy atom. The quantitative estimate of drug-likeness (QED) is 0.876. The van der Waals surface area contributed by atoms with E-state index in [9.17, 15) is 0 Å². The first-order chi connectivity index (χ1) is 9.67. The van der Waals surface area contributed by atoms with Gasteiger partial charge in [-0.05, 0) is 36.2 Å². The third kappa shape index (κ3) is 3.45. The van der Waals surface area contributed by atoms with Gasteiger partial charge in [0.15, 0.2) is 11.5 Å². The van der Waals surface area contributed by atoms with E-state index >= 15 is 0 Å². The molecule has 0 bridgehead atoms. The Morgan fingerprint density at radius 2 is 2.00 bits per heavy atom. The van der Waals surface area contributed by atoms with Gasteiger partial charge in [0.1, 0.15) is 6.61 Å². The van der Waals surface area contributed by atoms with E-state index in [1.54, 1.807) is 18.4 Å². The molecule has 2 rings (SSSR count). The van der Waals surface area contributed by atoms with Gasteiger partial charge in [0.05, 0.1) is 12.1 Å². The number of methoxy groups -OCH3 is 1. The van der Waals surface area contributed by atoms with Gasteiger partial charge in [-0.25, -0.2) is 0 Å². The molecule has 0 saturated heterocycles. The number of aryl methyl sites for hydroxylation is 1. The van der Waals surface area contributed by atoms with Gasteiger partial charge in [-0.3, -0.25) is 0 Å². The lowest BCUT2D eigenvalue weighted by Gasteiger charge is -2.13. The first-order valence-electron chi connectivity index (χ1n) is 6.44. The van der Waals surface area contributed by atoms with Gasteiger partial charge >= 0.3 is 0 Å². The van der Waals surface area contributed by atoms with Crippen molar-refractivity contribution in [2.24, 2.45) is 5.73 Å². The van der Waals surface area contributed by atoms with E-state index in [4.69, 9.17) is 26.8 Å². The number of benzene rings is 1. The van der Waals surface area contributed by atoms with Crippen LogP contribution in [0, 0.1) is 0 Å². The molecule has 3 nitrogen and oxygen atoms in total.